The molecule has 2 aromatic heterocycles. The fourth-order valence-corrected chi connectivity index (χ4v) is 3.99. The Hall–Kier alpha value is -2.67. The van der Waals surface area contributed by atoms with Gasteiger partial charge in [0.25, 0.3) is 0 Å². The van der Waals surface area contributed by atoms with Gasteiger partial charge in [0.2, 0.25) is 5.91 Å². The van der Waals surface area contributed by atoms with Crippen molar-refractivity contribution in [3.05, 3.63) is 63.9 Å². The number of carbonyl (C=O) groups excluding carboxylic acids is 1. The normalized spacial score (nSPS) is 13.6. The summed E-state index contributed by atoms with van der Waals surface area (Å²) in [7, 11) is 0. The lowest BCUT2D eigenvalue weighted by atomic mass is 10.1. The van der Waals surface area contributed by atoms with Crippen molar-refractivity contribution in [3.8, 4) is 10.7 Å². The highest BCUT2D eigenvalue weighted by Gasteiger charge is 2.30. The Bertz CT molecular complexity index is 972. The third-order valence-corrected chi connectivity index (χ3v) is 5.75. The first-order valence-corrected chi connectivity index (χ1v) is 10.6. The number of carbonyl (C=O) groups is 1. The van der Waals surface area contributed by atoms with Gasteiger partial charge in [0, 0.05) is 19.0 Å². The van der Waals surface area contributed by atoms with Crippen LogP contribution in [0.3, 0.4) is 0 Å². The Balaban J connectivity index is 1.30. The molecule has 1 aromatic carbocycles. The number of hydrogen-bond donors (Lipinski definition) is 1. The van der Waals surface area contributed by atoms with Gasteiger partial charge in [-0.15, -0.1) is 16.4 Å². The van der Waals surface area contributed by atoms with Gasteiger partial charge in [0.1, 0.15) is 0 Å². The lowest BCUT2D eigenvalue weighted by Crippen LogP contribution is -2.32. The molecule has 1 amide bonds. The standard InChI is InChI=1S/C21H24N4O2S/c26-19(10-4-8-16-6-2-1-3-7-16)22-13-14-24-21(27)25(17-11-12-17)20(23-24)18-9-5-15-28-18/h1-3,5-7,9,15,17H,4,8,10-14H2,(H,22,26). The third kappa shape index (κ3) is 4.42. The third-order valence-electron chi connectivity index (χ3n) is 4.88. The van der Waals surface area contributed by atoms with Gasteiger partial charge in [-0.05, 0) is 42.7 Å². The second-order valence-corrected chi connectivity index (χ2v) is 8.04. The van der Waals surface area contributed by atoms with E-state index in [0.717, 1.165) is 36.4 Å². The highest BCUT2D eigenvalue weighted by molar-refractivity contribution is 7.13. The zero-order valence-corrected chi connectivity index (χ0v) is 16.5. The van der Waals surface area contributed by atoms with Crippen LogP contribution in [0.1, 0.15) is 37.3 Å². The maximum absolute atomic E-state index is 12.7. The number of nitrogens with one attached hydrogen (secondary N) is 1. The molecular weight excluding hydrogens is 372 g/mol. The monoisotopic (exact) mass is 396 g/mol. The molecule has 1 fully saturated rings. The summed E-state index contributed by atoms with van der Waals surface area (Å²) in [6.45, 7) is 0.803. The van der Waals surface area contributed by atoms with Crippen molar-refractivity contribution < 1.29 is 4.79 Å². The molecule has 0 bridgehead atoms. The largest absolute Gasteiger partial charge is 0.354 e. The summed E-state index contributed by atoms with van der Waals surface area (Å²) in [5.41, 5.74) is 1.16. The topological polar surface area (TPSA) is 68.9 Å². The first-order valence-electron chi connectivity index (χ1n) is 9.76. The average molecular weight is 397 g/mol. The van der Waals surface area contributed by atoms with Gasteiger partial charge in [-0.3, -0.25) is 9.36 Å². The SMILES string of the molecule is O=C(CCCc1ccccc1)NCCn1nc(-c2cccs2)n(C2CC2)c1=O. The minimum Gasteiger partial charge on any atom is -0.354 e. The van der Waals surface area contributed by atoms with Gasteiger partial charge in [-0.25, -0.2) is 9.48 Å². The number of benzene rings is 1. The Kier molecular flexibility index (Phi) is 5.71. The van der Waals surface area contributed by atoms with Crippen molar-refractivity contribution in [1.29, 1.82) is 0 Å². The van der Waals surface area contributed by atoms with E-state index in [1.54, 1.807) is 11.3 Å². The zero-order chi connectivity index (χ0) is 19.3. The smallest absolute Gasteiger partial charge is 0.346 e. The summed E-state index contributed by atoms with van der Waals surface area (Å²) in [5.74, 6) is 0.765. The molecule has 146 valence electrons. The van der Waals surface area contributed by atoms with Crippen LogP contribution in [-0.2, 0) is 17.8 Å². The predicted molar refractivity (Wildman–Crippen MR) is 110 cm³/mol. The molecule has 6 nitrogen and oxygen atoms in total. The Morgan fingerprint density at radius 3 is 2.71 bits per heavy atom. The van der Waals surface area contributed by atoms with Crippen LogP contribution in [0.2, 0.25) is 0 Å². The van der Waals surface area contributed by atoms with Crippen LogP contribution in [0.25, 0.3) is 10.7 Å². The minimum atomic E-state index is -0.0794. The predicted octanol–water partition coefficient (Wildman–Crippen LogP) is 3.25. The fraction of sp³-hybridized carbons (Fsp3) is 0.381. The number of thiophene rings is 1. The Morgan fingerprint density at radius 1 is 1.18 bits per heavy atom. The summed E-state index contributed by atoms with van der Waals surface area (Å²) in [4.78, 5) is 25.8. The lowest BCUT2D eigenvalue weighted by molar-refractivity contribution is -0.121. The van der Waals surface area contributed by atoms with Crippen molar-refractivity contribution in [2.45, 2.75) is 44.7 Å². The van der Waals surface area contributed by atoms with Gasteiger partial charge >= 0.3 is 5.69 Å². The van der Waals surface area contributed by atoms with Crippen molar-refractivity contribution in [1.82, 2.24) is 19.7 Å². The Morgan fingerprint density at radius 2 is 2.00 bits per heavy atom. The van der Waals surface area contributed by atoms with Crippen molar-refractivity contribution in [3.63, 3.8) is 0 Å². The molecule has 3 aromatic rings. The number of hydrogen-bond acceptors (Lipinski definition) is 4. The van der Waals surface area contributed by atoms with E-state index in [0.29, 0.717) is 19.5 Å². The molecular formula is C21H24N4O2S. The number of aromatic nitrogens is 3. The average Bonchev–Trinajstić information content (AvgIpc) is 3.28. The van der Waals surface area contributed by atoms with Crippen LogP contribution in [0, 0.1) is 0 Å². The molecule has 1 N–H and O–H groups in total. The number of nitrogens with zero attached hydrogens (tertiary/aromatic N) is 3. The zero-order valence-electron chi connectivity index (χ0n) is 15.7. The maximum Gasteiger partial charge on any atom is 0.346 e. The van der Waals surface area contributed by atoms with Crippen molar-refractivity contribution in [2.75, 3.05) is 6.54 Å². The van der Waals surface area contributed by atoms with E-state index in [4.69, 9.17) is 0 Å². The number of aryl methyl sites for hydroxylation is 1. The van der Waals surface area contributed by atoms with E-state index < -0.39 is 0 Å². The number of rotatable bonds is 9. The summed E-state index contributed by atoms with van der Waals surface area (Å²) in [5, 5.41) is 9.44. The molecule has 28 heavy (non-hydrogen) atoms. The summed E-state index contributed by atoms with van der Waals surface area (Å²) in [6, 6.07) is 14.4. The Labute approximate surface area is 167 Å². The molecule has 0 unspecified atom stereocenters. The molecule has 1 saturated carbocycles. The molecule has 1 aliphatic rings. The van der Waals surface area contributed by atoms with Gasteiger partial charge < -0.3 is 5.32 Å². The second-order valence-electron chi connectivity index (χ2n) is 7.10. The summed E-state index contributed by atoms with van der Waals surface area (Å²) < 4.78 is 3.30. The van der Waals surface area contributed by atoms with E-state index >= 15 is 0 Å². The fourth-order valence-electron chi connectivity index (χ4n) is 3.29. The molecule has 4 rings (SSSR count). The van der Waals surface area contributed by atoms with Crippen molar-refractivity contribution >= 4 is 17.2 Å². The van der Waals surface area contributed by atoms with Crippen LogP contribution in [0.5, 0.6) is 0 Å². The number of amides is 1. The van der Waals surface area contributed by atoms with Crippen LogP contribution in [0.15, 0.2) is 52.6 Å². The van der Waals surface area contributed by atoms with Crippen LogP contribution in [0.4, 0.5) is 0 Å². The van der Waals surface area contributed by atoms with E-state index in [2.05, 4.69) is 22.5 Å². The molecule has 1 aliphatic carbocycles. The highest BCUT2D eigenvalue weighted by Crippen LogP contribution is 2.37. The van der Waals surface area contributed by atoms with Gasteiger partial charge in [-0.2, -0.15) is 0 Å². The van der Waals surface area contributed by atoms with Crippen LogP contribution < -0.4 is 11.0 Å². The minimum absolute atomic E-state index is 0.0177. The summed E-state index contributed by atoms with van der Waals surface area (Å²) in [6.07, 6.45) is 4.25. The molecule has 0 aliphatic heterocycles. The second kappa shape index (κ2) is 8.56. The molecule has 2 heterocycles. The van der Waals surface area contributed by atoms with Crippen LogP contribution >= 0.6 is 11.3 Å². The molecule has 0 saturated heterocycles. The molecule has 0 atom stereocenters. The molecule has 0 radical (unpaired) electrons. The molecule has 7 heteroatoms. The lowest BCUT2D eigenvalue weighted by Gasteiger charge is -2.05. The van der Waals surface area contributed by atoms with Crippen molar-refractivity contribution in [2.24, 2.45) is 0 Å². The first kappa shape index (κ1) is 18.7. The van der Waals surface area contributed by atoms with E-state index in [9.17, 15) is 9.59 Å². The van der Waals surface area contributed by atoms with Gasteiger partial charge in [-0.1, -0.05) is 36.4 Å². The molecule has 0 spiro atoms. The quantitative estimate of drug-likeness (QED) is 0.604. The highest BCUT2D eigenvalue weighted by atomic mass is 32.1. The van der Waals surface area contributed by atoms with E-state index in [1.807, 2.05) is 40.3 Å². The van der Waals surface area contributed by atoms with E-state index in [1.165, 1.54) is 10.2 Å². The van der Waals surface area contributed by atoms with Crippen LogP contribution in [-0.4, -0.2) is 26.8 Å². The van der Waals surface area contributed by atoms with Gasteiger partial charge in [0.05, 0.1) is 11.4 Å². The summed E-state index contributed by atoms with van der Waals surface area (Å²) >= 11 is 1.59. The van der Waals surface area contributed by atoms with E-state index in [-0.39, 0.29) is 17.6 Å². The maximum atomic E-state index is 12.7. The van der Waals surface area contributed by atoms with Gasteiger partial charge in [0.15, 0.2) is 5.82 Å². The first-order chi connectivity index (χ1) is 13.7.